The molecular formula is C36H30N2S. The maximum Gasteiger partial charge on any atom is 0.0722 e. The number of thiol groups is 1. The second-order valence-electron chi connectivity index (χ2n) is 10.0. The molecule has 190 valence electrons. The van der Waals surface area contributed by atoms with Crippen LogP contribution >= 0.6 is 12.6 Å². The number of aromatic nitrogens is 1. The molecule has 0 N–H and O–H groups in total. The maximum atomic E-state index is 4.99. The predicted molar refractivity (Wildman–Crippen MR) is 171 cm³/mol. The third-order valence-electron chi connectivity index (χ3n) is 7.44. The third-order valence-corrected chi connectivity index (χ3v) is 7.83. The highest BCUT2D eigenvalue weighted by molar-refractivity contribution is 7.80. The Hall–Kier alpha value is -4.21. The molecule has 1 aliphatic heterocycles. The predicted octanol–water partition coefficient (Wildman–Crippen LogP) is 9.64. The normalized spacial score (nSPS) is 13.3. The van der Waals surface area contributed by atoms with Gasteiger partial charge in [0.2, 0.25) is 0 Å². The van der Waals surface area contributed by atoms with Crippen molar-refractivity contribution in [3.05, 3.63) is 137 Å². The first-order valence-corrected chi connectivity index (χ1v) is 13.8. The lowest BCUT2D eigenvalue weighted by Crippen LogP contribution is -1.94. The molecule has 2 heterocycles. The van der Waals surface area contributed by atoms with Crippen molar-refractivity contribution in [3.8, 4) is 0 Å². The fraction of sp³-hybridized carbons (Fsp3) is 0.111. The first-order valence-electron chi connectivity index (χ1n) is 13.4. The second kappa shape index (κ2) is 10.5. The van der Waals surface area contributed by atoms with Crippen LogP contribution in [0, 0.1) is 13.8 Å². The zero-order valence-electron chi connectivity index (χ0n) is 22.4. The van der Waals surface area contributed by atoms with Crippen LogP contribution in [0.5, 0.6) is 0 Å². The van der Waals surface area contributed by atoms with E-state index in [4.69, 9.17) is 9.98 Å². The van der Waals surface area contributed by atoms with E-state index < -0.39 is 0 Å². The summed E-state index contributed by atoms with van der Waals surface area (Å²) >= 11 is 4.68. The lowest BCUT2D eigenvalue weighted by molar-refractivity contribution is 1.16. The molecule has 1 aliphatic rings. The number of hydrogen-bond acceptors (Lipinski definition) is 3. The van der Waals surface area contributed by atoms with Crippen LogP contribution in [-0.4, -0.2) is 10.7 Å². The van der Waals surface area contributed by atoms with E-state index in [-0.39, 0.29) is 0 Å². The standard InChI is InChI=1S/C36H30N2S/c1-4-25-16-20-33-36-28(25)11-7-12-29(36)32(38-33)19-17-26(31-18-14-23(2)22-37-31)8-5-9-27-10-6-13-30-34(39)21-15-24(3)35(27)30/h5-22,39H,4H2,1-3H3/b9-5?,19-17+,26-8-. The molecule has 0 bridgehead atoms. The topological polar surface area (TPSA) is 25.2 Å². The molecule has 6 rings (SSSR count). The molecule has 0 saturated heterocycles. The minimum absolute atomic E-state index is 0.927. The van der Waals surface area contributed by atoms with Crippen LogP contribution in [0.2, 0.25) is 0 Å². The van der Waals surface area contributed by atoms with E-state index in [1.807, 2.05) is 6.20 Å². The molecule has 0 saturated carbocycles. The monoisotopic (exact) mass is 522 g/mol. The van der Waals surface area contributed by atoms with Crippen molar-refractivity contribution in [1.29, 1.82) is 0 Å². The van der Waals surface area contributed by atoms with Gasteiger partial charge in [-0.15, -0.1) is 12.6 Å². The molecule has 0 atom stereocenters. The van der Waals surface area contributed by atoms with Crippen LogP contribution in [0.4, 0.5) is 5.69 Å². The van der Waals surface area contributed by atoms with Gasteiger partial charge in [0.1, 0.15) is 0 Å². The lowest BCUT2D eigenvalue weighted by atomic mass is 9.97. The fourth-order valence-corrected chi connectivity index (χ4v) is 5.67. The summed E-state index contributed by atoms with van der Waals surface area (Å²) in [6.45, 7) is 6.42. The van der Waals surface area contributed by atoms with Gasteiger partial charge < -0.3 is 0 Å². The Kier molecular flexibility index (Phi) is 6.76. The molecule has 0 fully saturated rings. The molecule has 5 aromatic rings. The van der Waals surface area contributed by atoms with Crippen molar-refractivity contribution in [2.75, 3.05) is 0 Å². The van der Waals surface area contributed by atoms with Gasteiger partial charge in [0.05, 0.1) is 17.1 Å². The SMILES string of the molecule is CCc1ccc2c3c(cccc13)C(/C=C/C(=C/C=Cc1cccc3c(S)ccc(C)c13)c1ccc(C)cn1)=N2. The van der Waals surface area contributed by atoms with Crippen molar-refractivity contribution >= 4 is 57.2 Å². The number of hydrogen-bond donors (Lipinski definition) is 1. The number of nitrogens with zero attached hydrogens (tertiary/aromatic N) is 2. The zero-order valence-corrected chi connectivity index (χ0v) is 23.3. The van der Waals surface area contributed by atoms with Gasteiger partial charge >= 0.3 is 0 Å². The first-order chi connectivity index (χ1) is 19.0. The van der Waals surface area contributed by atoms with Crippen molar-refractivity contribution in [3.63, 3.8) is 0 Å². The van der Waals surface area contributed by atoms with Crippen LogP contribution in [-0.2, 0) is 6.42 Å². The zero-order chi connectivity index (χ0) is 26.9. The van der Waals surface area contributed by atoms with Crippen LogP contribution in [0.1, 0.15) is 40.4 Å². The number of fused-ring (bicyclic) bond motifs is 1. The summed E-state index contributed by atoms with van der Waals surface area (Å²) in [6.07, 6.45) is 13.6. The Morgan fingerprint density at radius 3 is 2.51 bits per heavy atom. The summed E-state index contributed by atoms with van der Waals surface area (Å²) in [5, 5.41) is 4.96. The Balaban J connectivity index is 1.39. The van der Waals surface area contributed by atoms with E-state index in [2.05, 4.69) is 137 Å². The summed E-state index contributed by atoms with van der Waals surface area (Å²) in [5.41, 5.74) is 10.1. The molecule has 0 amide bonds. The van der Waals surface area contributed by atoms with Crippen LogP contribution in [0.15, 0.2) is 113 Å². The smallest absolute Gasteiger partial charge is 0.0722 e. The lowest BCUT2D eigenvalue weighted by Gasteiger charge is -2.08. The fourth-order valence-electron chi connectivity index (χ4n) is 5.41. The van der Waals surface area contributed by atoms with Crippen molar-refractivity contribution in [2.45, 2.75) is 32.1 Å². The molecule has 2 nitrogen and oxygen atoms in total. The van der Waals surface area contributed by atoms with Crippen molar-refractivity contribution in [2.24, 2.45) is 4.99 Å². The van der Waals surface area contributed by atoms with E-state index in [1.165, 1.54) is 43.8 Å². The molecule has 0 aliphatic carbocycles. The second-order valence-corrected chi connectivity index (χ2v) is 10.5. The molecule has 4 aromatic carbocycles. The van der Waals surface area contributed by atoms with Gasteiger partial charge in [0.25, 0.3) is 0 Å². The van der Waals surface area contributed by atoms with Gasteiger partial charge in [-0.3, -0.25) is 4.98 Å². The molecule has 3 heteroatoms. The molecule has 1 aromatic heterocycles. The van der Waals surface area contributed by atoms with Gasteiger partial charge in [-0.2, -0.15) is 0 Å². The summed E-state index contributed by atoms with van der Waals surface area (Å²) < 4.78 is 0. The highest BCUT2D eigenvalue weighted by Gasteiger charge is 2.18. The third kappa shape index (κ3) is 4.75. The Morgan fingerprint density at radius 2 is 1.69 bits per heavy atom. The highest BCUT2D eigenvalue weighted by Crippen LogP contribution is 2.38. The van der Waals surface area contributed by atoms with E-state index in [0.29, 0.717) is 0 Å². The van der Waals surface area contributed by atoms with Crippen LogP contribution < -0.4 is 0 Å². The summed E-state index contributed by atoms with van der Waals surface area (Å²) in [4.78, 5) is 10.7. The van der Waals surface area contributed by atoms with Crippen molar-refractivity contribution < 1.29 is 0 Å². The van der Waals surface area contributed by atoms with Crippen molar-refractivity contribution in [1.82, 2.24) is 4.98 Å². The number of aliphatic imine (C=N–C) groups is 1. The Bertz CT molecular complexity index is 1850. The van der Waals surface area contributed by atoms with E-state index in [1.54, 1.807) is 0 Å². The number of pyridine rings is 1. The van der Waals surface area contributed by atoms with Gasteiger partial charge in [-0.05, 0) is 83.0 Å². The quantitative estimate of drug-likeness (QED) is 0.174. The Morgan fingerprint density at radius 1 is 0.846 bits per heavy atom. The minimum atomic E-state index is 0.927. The summed E-state index contributed by atoms with van der Waals surface area (Å²) in [6, 6.07) is 25.6. The van der Waals surface area contributed by atoms with E-state index in [0.717, 1.165) is 39.5 Å². The first kappa shape index (κ1) is 25.1. The largest absolute Gasteiger partial charge is 0.256 e. The van der Waals surface area contributed by atoms with Gasteiger partial charge in [0, 0.05) is 27.6 Å². The highest BCUT2D eigenvalue weighted by atomic mass is 32.1. The number of aryl methyl sites for hydroxylation is 3. The summed E-state index contributed by atoms with van der Waals surface area (Å²) in [7, 11) is 0. The average molecular weight is 523 g/mol. The maximum absolute atomic E-state index is 4.99. The van der Waals surface area contributed by atoms with Crippen LogP contribution in [0.3, 0.4) is 0 Å². The average Bonchev–Trinajstić information content (AvgIpc) is 3.32. The van der Waals surface area contributed by atoms with Gasteiger partial charge in [0.15, 0.2) is 0 Å². The minimum Gasteiger partial charge on any atom is -0.256 e. The van der Waals surface area contributed by atoms with Gasteiger partial charge in [-0.1, -0.05) is 85.8 Å². The molecule has 0 unspecified atom stereocenters. The Labute approximate surface area is 235 Å². The molecule has 0 spiro atoms. The van der Waals surface area contributed by atoms with E-state index in [9.17, 15) is 0 Å². The summed E-state index contributed by atoms with van der Waals surface area (Å²) in [5.74, 6) is 0. The number of rotatable bonds is 6. The van der Waals surface area contributed by atoms with Crippen LogP contribution in [0.25, 0.3) is 33.2 Å². The van der Waals surface area contributed by atoms with E-state index >= 15 is 0 Å². The number of benzene rings is 4. The molecule has 0 radical (unpaired) electrons. The molecular weight excluding hydrogens is 492 g/mol. The number of allylic oxidation sites excluding steroid dienone is 5. The molecule has 39 heavy (non-hydrogen) atoms. The van der Waals surface area contributed by atoms with Gasteiger partial charge in [-0.25, -0.2) is 4.99 Å².